The summed E-state index contributed by atoms with van der Waals surface area (Å²) in [4.78, 5) is 4.72. The molecule has 0 atom stereocenters. The highest BCUT2D eigenvalue weighted by atomic mass is 32.1. The van der Waals surface area contributed by atoms with E-state index in [-0.39, 0.29) is 0 Å². The van der Waals surface area contributed by atoms with Gasteiger partial charge in [0.15, 0.2) is 5.11 Å². The molecule has 0 aliphatic carbocycles. The summed E-state index contributed by atoms with van der Waals surface area (Å²) in [5.41, 5.74) is 2.25. The molecule has 1 aliphatic rings. The van der Waals surface area contributed by atoms with Gasteiger partial charge >= 0.3 is 0 Å². The molecule has 1 heterocycles. The standard InChI is InChI=1S/C24H27N3O2S/c1-28-21-14-20(15-22(16-21)29-2)25-24(30)27-12-10-26(11-13-27)17-19-8-5-7-18-6-3-4-9-23(18)19/h3-9,14-16H,10-13,17H2,1-2H3,(H,25,30). The third kappa shape index (κ3) is 4.66. The van der Waals surface area contributed by atoms with Gasteiger partial charge in [-0.2, -0.15) is 0 Å². The highest BCUT2D eigenvalue weighted by Crippen LogP contribution is 2.26. The molecule has 30 heavy (non-hydrogen) atoms. The first-order chi connectivity index (χ1) is 14.7. The van der Waals surface area contributed by atoms with E-state index in [2.05, 4.69) is 57.6 Å². The highest BCUT2D eigenvalue weighted by molar-refractivity contribution is 7.80. The summed E-state index contributed by atoms with van der Waals surface area (Å²) in [6, 6.07) is 20.8. The van der Waals surface area contributed by atoms with Gasteiger partial charge in [-0.05, 0) is 28.6 Å². The molecule has 0 aromatic heterocycles. The maximum Gasteiger partial charge on any atom is 0.173 e. The molecule has 0 saturated carbocycles. The van der Waals surface area contributed by atoms with Gasteiger partial charge in [0.1, 0.15) is 11.5 Å². The second-order valence-corrected chi connectivity index (χ2v) is 7.82. The van der Waals surface area contributed by atoms with E-state index in [9.17, 15) is 0 Å². The zero-order valence-corrected chi connectivity index (χ0v) is 18.2. The Morgan fingerprint density at radius 1 is 0.900 bits per heavy atom. The third-order valence-electron chi connectivity index (χ3n) is 5.54. The van der Waals surface area contributed by atoms with Crippen molar-refractivity contribution in [3.8, 4) is 11.5 Å². The lowest BCUT2D eigenvalue weighted by molar-refractivity contribution is 0.177. The van der Waals surface area contributed by atoms with Crippen LogP contribution >= 0.6 is 12.2 Å². The number of methoxy groups -OCH3 is 2. The predicted octanol–water partition coefficient (Wildman–Crippen LogP) is 4.37. The van der Waals surface area contributed by atoms with Crippen LogP contribution in [0.25, 0.3) is 10.8 Å². The van der Waals surface area contributed by atoms with E-state index in [1.165, 1.54) is 16.3 Å². The first kappa shape index (κ1) is 20.4. The number of hydrogen-bond donors (Lipinski definition) is 1. The SMILES string of the molecule is COc1cc(NC(=S)N2CCN(Cc3cccc4ccccc34)CC2)cc(OC)c1. The van der Waals surface area contributed by atoms with Crippen molar-refractivity contribution in [1.29, 1.82) is 0 Å². The first-order valence-corrected chi connectivity index (χ1v) is 10.5. The van der Waals surface area contributed by atoms with E-state index >= 15 is 0 Å². The number of benzene rings is 3. The van der Waals surface area contributed by atoms with Gasteiger partial charge in [0.05, 0.1) is 14.2 Å². The number of rotatable bonds is 5. The number of anilines is 1. The fraction of sp³-hybridized carbons (Fsp3) is 0.292. The van der Waals surface area contributed by atoms with Crippen LogP contribution in [0.5, 0.6) is 11.5 Å². The molecule has 1 fully saturated rings. The fourth-order valence-corrected chi connectivity index (χ4v) is 4.16. The quantitative estimate of drug-likeness (QED) is 0.617. The van der Waals surface area contributed by atoms with E-state index in [1.807, 2.05) is 18.2 Å². The summed E-state index contributed by atoms with van der Waals surface area (Å²) in [7, 11) is 3.29. The minimum atomic E-state index is 0.732. The Balaban J connectivity index is 1.36. The molecule has 1 saturated heterocycles. The summed E-state index contributed by atoms with van der Waals surface area (Å²) >= 11 is 5.66. The van der Waals surface area contributed by atoms with Gasteiger partial charge in [-0.15, -0.1) is 0 Å². The number of nitrogens with zero attached hydrogens (tertiary/aromatic N) is 2. The molecule has 4 rings (SSSR count). The number of fused-ring (bicyclic) bond motifs is 1. The minimum Gasteiger partial charge on any atom is -0.497 e. The smallest absolute Gasteiger partial charge is 0.173 e. The van der Waals surface area contributed by atoms with Crippen molar-refractivity contribution in [3.05, 3.63) is 66.2 Å². The second kappa shape index (κ2) is 9.32. The zero-order valence-electron chi connectivity index (χ0n) is 17.4. The van der Waals surface area contributed by atoms with E-state index in [0.29, 0.717) is 0 Å². The van der Waals surface area contributed by atoms with E-state index < -0.39 is 0 Å². The van der Waals surface area contributed by atoms with Crippen molar-refractivity contribution >= 4 is 33.8 Å². The number of thiocarbonyl (C=S) groups is 1. The van der Waals surface area contributed by atoms with Gasteiger partial charge in [-0.1, -0.05) is 42.5 Å². The van der Waals surface area contributed by atoms with Gasteiger partial charge in [0, 0.05) is 56.6 Å². The molecule has 0 amide bonds. The van der Waals surface area contributed by atoms with Crippen molar-refractivity contribution in [2.24, 2.45) is 0 Å². The topological polar surface area (TPSA) is 37.0 Å². The predicted molar refractivity (Wildman–Crippen MR) is 127 cm³/mol. The highest BCUT2D eigenvalue weighted by Gasteiger charge is 2.20. The molecule has 6 heteroatoms. The Bertz CT molecular complexity index is 1000. The second-order valence-electron chi connectivity index (χ2n) is 7.43. The number of ether oxygens (including phenoxy) is 2. The third-order valence-corrected chi connectivity index (χ3v) is 5.90. The van der Waals surface area contributed by atoms with Crippen LogP contribution in [0.4, 0.5) is 5.69 Å². The Morgan fingerprint density at radius 3 is 2.27 bits per heavy atom. The van der Waals surface area contributed by atoms with E-state index in [1.54, 1.807) is 14.2 Å². The summed E-state index contributed by atoms with van der Waals surface area (Å²) in [5, 5.41) is 6.70. The monoisotopic (exact) mass is 421 g/mol. The molecular weight excluding hydrogens is 394 g/mol. The van der Waals surface area contributed by atoms with Crippen LogP contribution in [-0.4, -0.2) is 55.3 Å². The number of piperazine rings is 1. The average molecular weight is 422 g/mol. The maximum atomic E-state index is 5.66. The van der Waals surface area contributed by atoms with Crippen LogP contribution < -0.4 is 14.8 Å². The van der Waals surface area contributed by atoms with Crippen LogP contribution in [-0.2, 0) is 6.54 Å². The molecule has 3 aromatic carbocycles. The number of hydrogen-bond acceptors (Lipinski definition) is 4. The summed E-state index contributed by atoms with van der Waals surface area (Å²) in [6.07, 6.45) is 0. The molecule has 0 bridgehead atoms. The summed E-state index contributed by atoms with van der Waals surface area (Å²) in [6.45, 7) is 4.72. The van der Waals surface area contributed by atoms with Crippen molar-refractivity contribution in [3.63, 3.8) is 0 Å². The van der Waals surface area contributed by atoms with Crippen LogP contribution in [0.3, 0.4) is 0 Å². The van der Waals surface area contributed by atoms with Gasteiger partial charge in [-0.25, -0.2) is 0 Å². The average Bonchev–Trinajstić information content (AvgIpc) is 2.79. The van der Waals surface area contributed by atoms with Crippen LogP contribution in [0, 0.1) is 0 Å². The summed E-state index contributed by atoms with van der Waals surface area (Å²) in [5.74, 6) is 1.47. The molecule has 0 radical (unpaired) electrons. The lowest BCUT2D eigenvalue weighted by Gasteiger charge is -2.36. The Labute approximate surface area is 183 Å². The summed E-state index contributed by atoms with van der Waals surface area (Å²) < 4.78 is 10.7. The van der Waals surface area contributed by atoms with Gasteiger partial charge in [0.25, 0.3) is 0 Å². The van der Waals surface area contributed by atoms with Crippen molar-refractivity contribution in [2.75, 3.05) is 45.7 Å². The van der Waals surface area contributed by atoms with Gasteiger partial charge in [-0.3, -0.25) is 4.90 Å². The van der Waals surface area contributed by atoms with Gasteiger partial charge in [0.2, 0.25) is 0 Å². The van der Waals surface area contributed by atoms with Gasteiger partial charge < -0.3 is 19.7 Å². The van der Waals surface area contributed by atoms with E-state index in [4.69, 9.17) is 21.7 Å². The molecule has 156 valence electrons. The number of nitrogens with one attached hydrogen (secondary N) is 1. The van der Waals surface area contributed by atoms with E-state index in [0.717, 1.165) is 55.0 Å². The molecule has 1 N–H and O–H groups in total. The lowest BCUT2D eigenvalue weighted by atomic mass is 10.0. The van der Waals surface area contributed by atoms with Crippen LogP contribution in [0.2, 0.25) is 0 Å². The zero-order chi connectivity index (χ0) is 20.9. The van der Waals surface area contributed by atoms with Crippen LogP contribution in [0.1, 0.15) is 5.56 Å². The Morgan fingerprint density at radius 2 is 1.57 bits per heavy atom. The normalized spacial score (nSPS) is 14.5. The fourth-order valence-electron chi connectivity index (χ4n) is 3.86. The minimum absolute atomic E-state index is 0.732. The molecule has 1 aliphatic heterocycles. The molecule has 5 nitrogen and oxygen atoms in total. The molecule has 0 spiro atoms. The van der Waals surface area contributed by atoms with Crippen molar-refractivity contribution < 1.29 is 9.47 Å². The first-order valence-electron chi connectivity index (χ1n) is 10.1. The Kier molecular flexibility index (Phi) is 6.35. The van der Waals surface area contributed by atoms with Crippen molar-refractivity contribution in [1.82, 2.24) is 9.80 Å². The molecular formula is C24H27N3O2S. The molecule has 3 aromatic rings. The van der Waals surface area contributed by atoms with Crippen LogP contribution in [0.15, 0.2) is 60.7 Å². The maximum absolute atomic E-state index is 5.66. The van der Waals surface area contributed by atoms with Crippen molar-refractivity contribution in [2.45, 2.75) is 6.54 Å². The lowest BCUT2D eigenvalue weighted by Crippen LogP contribution is -2.49. The largest absolute Gasteiger partial charge is 0.497 e. The molecule has 0 unspecified atom stereocenters. The Hall–Kier alpha value is -2.83.